The van der Waals surface area contributed by atoms with Crippen LogP contribution in [0.2, 0.25) is 0 Å². The Balaban J connectivity index is 1.34. The first-order valence-corrected chi connectivity index (χ1v) is 11.6. The van der Waals surface area contributed by atoms with Gasteiger partial charge in [-0.05, 0) is 56.6 Å². The third-order valence-corrected chi connectivity index (χ3v) is 7.98. The van der Waals surface area contributed by atoms with Crippen molar-refractivity contribution in [3.05, 3.63) is 42.4 Å². The number of hydrogen-bond donors (Lipinski definition) is 1. The number of halogens is 1. The van der Waals surface area contributed by atoms with Gasteiger partial charge >= 0.3 is 0 Å². The molecule has 1 spiro atoms. The van der Waals surface area contributed by atoms with Gasteiger partial charge in [-0.15, -0.1) is 0 Å². The lowest BCUT2D eigenvalue weighted by Gasteiger charge is -2.44. The number of aliphatic hydroxyl groups is 1. The third-order valence-electron chi connectivity index (χ3n) is 7.98. The predicted molar refractivity (Wildman–Crippen MR) is 122 cm³/mol. The molecule has 1 aliphatic heterocycles. The van der Waals surface area contributed by atoms with Crippen molar-refractivity contribution in [2.24, 2.45) is 11.3 Å². The van der Waals surface area contributed by atoms with Crippen molar-refractivity contribution >= 4 is 16.7 Å². The van der Waals surface area contributed by atoms with Crippen molar-refractivity contribution in [2.75, 3.05) is 18.0 Å². The van der Waals surface area contributed by atoms with Crippen molar-refractivity contribution in [3.63, 3.8) is 0 Å². The highest BCUT2D eigenvalue weighted by Crippen LogP contribution is 2.68. The van der Waals surface area contributed by atoms with Gasteiger partial charge in [0.2, 0.25) is 0 Å². The summed E-state index contributed by atoms with van der Waals surface area (Å²) in [5.41, 5.74) is 0.837. The second-order valence-electron chi connectivity index (χ2n) is 10.8. The zero-order chi connectivity index (χ0) is 23.0. The number of fused-ring (bicyclic) bond motifs is 1. The summed E-state index contributed by atoms with van der Waals surface area (Å²) >= 11 is 0. The van der Waals surface area contributed by atoms with E-state index in [2.05, 4.69) is 33.3 Å². The molecule has 2 aliphatic carbocycles. The first-order chi connectivity index (χ1) is 15.7. The van der Waals surface area contributed by atoms with E-state index in [1.807, 2.05) is 11.0 Å². The molecular weight excluding hydrogens is 419 g/mol. The first-order valence-electron chi connectivity index (χ1n) is 11.6. The lowest BCUT2D eigenvalue weighted by Crippen LogP contribution is -2.41. The Kier molecular flexibility index (Phi) is 4.19. The van der Waals surface area contributed by atoms with E-state index in [4.69, 9.17) is 0 Å². The molecule has 2 aromatic heterocycles. The molecule has 2 unspecified atom stereocenters. The summed E-state index contributed by atoms with van der Waals surface area (Å²) in [4.78, 5) is 10.6. The van der Waals surface area contributed by atoms with E-state index in [1.165, 1.54) is 19.2 Å². The molecule has 7 nitrogen and oxygen atoms in total. The molecule has 6 rings (SSSR count). The fourth-order valence-electron chi connectivity index (χ4n) is 5.85. The maximum Gasteiger partial charge on any atom is 0.159 e. The topological polar surface area (TPSA) is 90.9 Å². The Morgan fingerprint density at radius 3 is 2.58 bits per heavy atom. The molecule has 0 radical (unpaired) electrons. The molecule has 8 heteroatoms. The summed E-state index contributed by atoms with van der Waals surface area (Å²) in [6.45, 7) is 3.86. The lowest BCUT2D eigenvalue weighted by atomic mass is 9.57. The van der Waals surface area contributed by atoms with E-state index in [9.17, 15) is 14.8 Å². The van der Waals surface area contributed by atoms with Crippen LogP contribution in [-0.4, -0.2) is 49.7 Å². The van der Waals surface area contributed by atoms with Gasteiger partial charge in [0.05, 0.1) is 35.3 Å². The number of nitrogens with zero attached hydrogens (tertiary/aromatic N) is 6. The number of benzene rings is 1. The van der Waals surface area contributed by atoms with Gasteiger partial charge in [0.25, 0.3) is 0 Å². The molecule has 170 valence electrons. The second kappa shape index (κ2) is 6.73. The number of anilines is 1. The summed E-state index contributed by atoms with van der Waals surface area (Å²) in [6, 6.07) is 10.5. The van der Waals surface area contributed by atoms with Crippen LogP contribution in [0.3, 0.4) is 0 Å². The van der Waals surface area contributed by atoms with E-state index in [0.29, 0.717) is 23.6 Å². The summed E-state index contributed by atoms with van der Waals surface area (Å²) in [5.74, 6) is 0.716. The molecule has 0 amide bonds. The molecule has 2 saturated carbocycles. The largest absolute Gasteiger partial charge is 0.390 e. The average Bonchev–Trinajstić information content (AvgIpc) is 3.26. The van der Waals surface area contributed by atoms with Crippen LogP contribution < -0.4 is 4.90 Å². The van der Waals surface area contributed by atoms with Crippen LogP contribution in [0, 0.1) is 22.7 Å². The Labute approximate surface area is 191 Å². The normalized spacial score (nSPS) is 25.2. The zero-order valence-electron chi connectivity index (χ0n) is 18.9. The van der Waals surface area contributed by atoms with Gasteiger partial charge < -0.3 is 10.0 Å². The quantitative estimate of drug-likeness (QED) is 0.657. The summed E-state index contributed by atoms with van der Waals surface area (Å²) in [6.07, 6.45) is 6.49. The highest BCUT2D eigenvalue weighted by atomic mass is 19.1. The number of aromatic nitrogens is 4. The molecule has 1 aromatic carbocycles. The average molecular weight is 447 g/mol. The number of hydrogen-bond acceptors (Lipinski definition) is 6. The van der Waals surface area contributed by atoms with Crippen LogP contribution in [0.15, 0.2) is 36.8 Å². The van der Waals surface area contributed by atoms with Crippen LogP contribution in [-0.2, 0) is 5.41 Å². The van der Waals surface area contributed by atoms with Crippen molar-refractivity contribution in [1.82, 2.24) is 19.7 Å². The number of alkyl halides is 1. The molecule has 0 bridgehead atoms. The fourth-order valence-corrected chi connectivity index (χ4v) is 5.85. The Morgan fingerprint density at radius 2 is 1.91 bits per heavy atom. The summed E-state index contributed by atoms with van der Waals surface area (Å²) in [5, 5.41) is 25.8. The maximum atomic E-state index is 14.6. The minimum Gasteiger partial charge on any atom is -0.390 e. The zero-order valence-corrected chi connectivity index (χ0v) is 18.9. The summed E-state index contributed by atoms with van der Waals surface area (Å²) < 4.78 is 16.4. The highest BCUT2D eigenvalue weighted by Gasteiger charge is 2.62. The van der Waals surface area contributed by atoms with Crippen LogP contribution in [0.4, 0.5) is 10.2 Å². The van der Waals surface area contributed by atoms with Crippen molar-refractivity contribution in [2.45, 2.75) is 56.7 Å². The van der Waals surface area contributed by atoms with Crippen LogP contribution in [0.25, 0.3) is 16.7 Å². The van der Waals surface area contributed by atoms with E-state index >= 15 is 0 Å². The minimum absolute atomic E-state index is 0.182. The maximum absolute atomic E-state index is 14.6. The molecule has 2 atom stereocenters. The standard InChI is InChI=1S/C25H27FN6O/c1-23(2,33)18-10-31(11-19(18)26)21-8-22(29-15-28-21)32-20-7-17(4-3-16(20)9-30-32)25(14-27)12-24(13-25)5-6-24/h3-4,7-9,15,18-19,33H,5-6,10-13H2,1-2H3. The van der Waals surface area contributed by atoms with Crippen molar-refractivity contribution in [1.29, 1.82) is 5.26 Å². The molecule has 3 heterocycles. The first kappa shape index (κ1) is 20.5. The van der Waals surface area contributed by atoms with E-state index in [-0.39, 0.29) is 6.54 Å². The summed E-state index contributed by atoms with van der Waals surface area (Å²) in [7, 11) is 0. The Morgan fingerprint density at radius 1 is 1.15 bits per heavy atom. The van der Waals surface area contributed by atoms with Gasteiger partial charge in [0.1, 0.15) is 18.3 Å². The van der Waals surface area contributed by atoms with Gasteiger partial charge in [0.15, 0.2) is 5.82 Å². The van der Waals surface area contributed by atoms with Gasteiger partial charge in [-0.1, -0.05) is 12.1 Å². The number of nitriles is 1. The van der Waals surface area contributed by atoms with Gasteiger partial charge in [-0.3, -0.25) is 0 Å². The van der Waals surface area contributed by atoms with E-state index in [1.54, 1.807) is 30.8 Å². The van der Waals surface area contributed by atoms with Crippen molar-refractivity contribution in [3.8, 4) is 11.9 Å². The molecule has 3 fully saturated rings. The van der Waals surface area contributed by atoms with E-state index in [0.717, 1.165) is 29.3 Å². The van der Waals surface area contributed by atoms with Gasteiger partial charge in [-0.2, -0.15) is 10.4 Å². The molecule has 1 N–H and O–H groups in total. The van der Waals surface area contributed by atoms with Crippen LogP contribution >= 0.6 is 0 Å². The fraction of sp³-hybridized carbons (Fsp3) is 0.520. The highest BCUT2D eigenvalue weighted by molar-refractivity contribution is 5.81. The smallest absolute Gasteiger partial charge is 0.159 e. The molecule has 33 heavy (non-hydrogen) atoms. The third kappa shape index (κ3) is 3.21. The predicted octanol–water partition coefficient (Wildman–Crippen LogP) is 3.70. The van der Waals surface area contributed by atoms with Gasteiger partial charge in [-0.25, -0.2) is 19.0 Å². The van der Waals surface area contributed by atoms with Gasteiger partial charge in [0, 0.05) is 23.9 Å². The van der Waals surface area contributed by atoms with Crippen LogP contribution in [0.5, 0.6) is 0 Å². The minimum atomic E-state index is -1.13. The van der Waals surface area contributed by atoms with E-state index < -0.39 is 23.1 Å². The molecule has 3 aliphatic rings. The Bertz CT molecular complexity index is 1280. The SMILES string of the molecule is CC(C)(O)C1CN(c2cc(-n3ncc4ccc(C5(C#N)CC6(CC6)C5)cc43)ncn2)CC1F. The monoisotopic (exact) mass is 446 g/mol. The molecular formula is C25H27FN6O. The van der Waals surface area contributed by atoms with Crippen LogP contribution in [0.1, 0.15) is 45.1 Å². The Hall–Kier alpha value is -3.05. The molecule has 1 saturated heterocycles. The lowest BCUT2D eigenvalue weighted by molar-refractivity contribution is -0.000243. The van der Waals surface area contributed by atoms with Crippen molar-refractivity contribution < 1.29 is 9.50 Å². The second-order valence-corrected chi connectivity index (χ2v) is 10.8. The molecule has 3 aromatic rings. The number of rotatable bonds is 4.